The molecule has 21 heavy (non-hydrogen) atoms. The van der Waals surface area contributed by atoms with Gasteiger partial charge in [-0.2, -0.15) is 0 Å². The Bertz CT molecular complexity index is 598. The van der Waals surface area contributed by atoms with Crippen LogP contribution in [-0.2, 0) is 9.59 Å². The predicted octanol–water partition coefficient (Wildman–Crippen LogP) is 2.45. The van der Waals surface area contributed by atoms with E-state index in [1.165, 1.54) is 29.6 Å². The molecule has 4 nitrogen and oxygen atoms in total. The van der Waals surface area contributed by atoms with Gasteiger partial charge in [0.1, 0.15) is 11.3 Å². The summed E-state index contributed by atoms with van der Waals surface area (Å²) < 4.78 is 5.80. The van der Waals surface area contributed by atoms with Gasteiger partial charge in [-0.1, -0.05) is 18.2 Å². The number of ether oxygens (including phenoxy) is 1. The van der Waals surface area contributed by atoms with Crippen molar-refractivity contribution in [3.63, 3.8) is 0 Å². The summed E-state index contributed by atoms with van der Waals surface area (Å²) in [6.45, 7) is 0. The van der Waals surface area contributed by atoms with Gasteiger partial charge in [0.05, 0.1) is 11.3 Å². The number of thioether (sulfide) groups is 2. The third kappa shape index (κ3) is 4.15. The molecule has 2 rings (SSSR count). The van der Waals surface area contributed by atoms with Crippen molar-refractivity contribution in [2.24, 2.45) is 5.73 Å². The minimum absolute atomic E-state index is 0.0901. The van der Waals surface area contributed by atoms with Crippen LogP contribution in [0.5, 0.6) is 5.75 Å². The van der Waals surface area contributed by atoms with Crippen molar-refractivity contribution in [3.05, 3.63) is 45.7 Å². The van der Waals surface area contributed by atoms with Gasteiger partial charge in [-0.05, 0) is 23.8 Å². The molecular weight excluding hydrogens is 306 g/mol. The molecule has 1 aromatic rings. The van der Waals surface area contributed by atoms with E-state index in [1.54, 1.807) is 25.3 Å². The Hall–Kier alpha value is -1.66. The van der Waals surface area contributed by atoms with E-state index in [0.29, 0.717) is 0 Å². The molecule has 0 saturated carbocycles. The van der Waals surface area contributed by atoms with Gasteiger partial charge in [-0.3, -0.25) is 9.59 Å². The number of primary amides is 1. The normalized spacial score (nSPS) is 14.4. The summed E-state index contributed by atoms with van der Waals surface area (Å²) in [5.41, 5.74) is 6.27. The Kier molecular flexibility index (Phi) is 5.52. The molecule has 1 heterocycles. The van der Waals surface area contributed by atoms with E-state index < -0.39 is 5.91 Å². The highest BCUT2D eigenvalue weighted by Crippen LogP contribution is 2.38. The van der Waals surface area contributed by atoms with E-state index in [0.717, 1.165) is 27.1 Å². The maximum absolute atomic E-state index is 12.2. The lowest BCUT2D eigenvalue weighted by Crippen LogP contribution is -2.20. The fraction of sp³-hybridized carbons (Fsp3) is 0.200. The second kappa shape index (κ2) is 7.38. The van der Waals surface area contributed by atoms with E-state index in [-0.39, 0.29) is 11.4 Å². The zero-order valence-corrected chi connectivity index (χ0v) is 13.1. The fourth-order valence-corrected chi connectivity index (χ4v) is 4.31. The minimum Gasteiger partial charge on any atom is -0.497 e. The molecule has 0 spiro atoms. The number of allylic oxidation sites excluding steroid dienone is 1. The summed E-state index contributed by atoms with van der Waals surface area (Å²) in [5, 5.41) is 0. The Morgan fingerprint density at radius 2 is 1.81 bits per heavy atom. The van der Waals surface area contributed by atoms with Gasteiger partial charge in [0.2, 0.25) is 0 Å². The molecular formula is C15H15NO3S2. The average molecular weight is 321 g/mol. The molecule has 1 aliphatic rings. The van der Waals surface area contributed by atoms with Crippen molar-refractivity contribution in [1.29, 1.82) is 0 Å². The monoisotopic (exact) mass is 321 g/mol. The first-order chi connectivity index (χ1) is 10.1. The number of hydrogen-bond acceptors (Lipinski definition) is 5. The molecule has 0 radical (unpaired) electrons. The third-order valence-corrected chi connectivity index (χ3v) is 5.50. The molecule has 1 aromatic carbocycles. The minimum atomic E-state index is -0.670. The molecule has 1 saturated heterocycles. The lowest BCUT2D eigenvalue weighted by atomic mass is 10.1. The van der Waals surface area contributed by atoms with Crippen molar-refractivity contribution < 1.29 is 14.3 Å². The first-order valence-electron chi connectivity index (χ1n) is 6.28. The smallest absolute Gasteiger partial charge is 0.254 e. The highest BCUT2D eigenvalue weighted by Gasteiger charge is 2.22. The number of carbonyl (C=O) groups is 2. The van der Waals surface area contributed by atoms with Crippen LogP contribution in [0, 0.1) is 0 Å². The van der Waals surface area contributed by atoms with Gasteiger partial charge < -0.3 is 10.5 Å². The molecule has 0 aliphatic carbocycles. The van der Waals surface area contributed by atoms with Crippen molar-refractivity contribution in [1.82, 2.24) is 0 Å². The van der Waals surface area contributed by atoms with E-state index in [1.807, 2.05) is 12.1 Å². The zero-order chi connectivity index (χ0) is 15.2. The molecule has 2 N–H and O–H groups in total. The lowest BCUT2D eigenvalue weighted by molar-refractivity contribution is -0.118. The molecule has 0 bridgehead atoms. The topological polar surface area (TPSA) is 69.4 Å². The second-order valence-corrected chi connectivity index (χ2v) is 6.66. The molecule has 1 amide bonds. The number of carbonyl (C=O) groups excluding carboxylic acids is 2. The number of benzene rings is 1. The summed E-state index contributed by atoms with van der Waals surface area (Å²) in [6, 6.07) is 7.28. The number of amides is 1. The fourth-order valence-electron chi connectivity index (χ4n) is 1.75. The van der Waals surface area contributed by atoms with Crippen LogP contribution in [0.1, 0.15) is 5.56 Å². The summed E-state index contributed by atoms with van der Waals surface area (Å²) in [4.78, 5) is 23.7. The standard InChI is InChI=1S/C15H15NO3S2/c1-19-11-5-2-10(3-6-11)4-7-12(17)13(14(16)18)15-20-8-9-21-15/h2-7H,8-9H2,1H3,(H2,16,18)/b7-4+. The maximum Gasteiger partial charge on any atom is 0.254 e. The Labute approximate surface area is 131 Å². The van der Waals surface area contributed by atoms with Gasteiger partial charge in [-0.15, -0.1) is 23.5 Å². The SMILES string of the molecule is COc1ccc(/C=C/C(=O)C(C(N)=O)=C2SCCS2)cc1. The summed E-state index contributed by atoms with van der Waals surface area (Å²) in [5.74, 6) is 1.52. The Morgan fingerprint density at radius 1 is 1.19 bits per heavy atom. The molecule has 0 aromatic heterocycles. The quantitative estimate of drug-likeness (QED) is 0.512. The van der Waals surface area contributed by atoms with E-state index >= 15 is 0 Å². The van der Waals surface area contributed by atoms with Crippen LogP contribution in [0.15, 0.2) is 40.2 Å². The highest BCUT2D eigenvalue weighted by atomic mass is 32.2. The van der Waals surface area contributed by atoms with Crippen LogP contribution >= 0.6 is 23.5 Å². The van der Waals surface area contributed by atoms with E-state index in [9.17, 15) is 9.59 Å². The highest BCUT2D eigenvalue weighted by molar-refractivity contribution is 8.25. The summed E-state index contributed by atoms with van der Waals surface area (Å²) in [6.07, 6.45) is 3.05. The van der Waals surface area contributed by atoms with Crippen molar-refractivity contribution >= 4 is 41.3 Å². The average Bonchev–Trinajstić information content (AvgIpc) is 2.99. The number of rotatable bonds is 5. The second-order valence-electron chi connectivity index (χ2n) is 4.19. The predicted molar refractivity (Wildman–Crippen MR) is 88.2 cm³/mol. The van der Waals surface area contributed by atoms with Gasteiger partial charge >= 0.3 is 0 Å². The van der Waals surface area contributed by atoms with Gasteiger partial charge in [-0.25, -0.2) is 0 Å². The van der Waals surface area contributed by atoms with Gasteiger partial charge in [0.15, 0.2) is 5.78 Å². The molecule has 1 fully saturated rings. The lowest BCUT2D eigenvalue weighted by Gasteiger charge is -2.03. The molecule has 1 aliphatic heterocycles. The Morgan fingerprint density at radius 3 is 2.33 bits per heavy atom. The maximum atomic E-state index is 12.2. The van der Waals surface area contributed by atoms with Crippen LogP contribution in [0.25, 0.3) is 6.08 Å². The van der Waals surface area contributed by atoms with Crippen molar-refractivity contribution in [2.75, 3.05) is 18.6 Å². The van der Waals surface area contributed by atoms with Gasteiger partial charge in [0, 0.05) is 11.5 Å². The third-order valence-electron chi connectivity index (χ3n) is 2.79. The molecule has 110 valence electrons. The largest absolute Gasteiger partial charge is 0.497 e. The van der Waals surface area contributed by atoms with E-state index in [4.69, 9.17) is 10.5 Å². The van der Waals surface area contributed by atoms with Gasteiger partial charge in [0.25, 0.3) is 5.91 Å². The summed E-state index contributed by atoms with van der Waals surface area (Å²) >= 11 is 3.01. The van der Waals surface area contributed by atoms with Crippen molar-refractivity contribution in [2.45, 2.75) is 0 Å². The van der Waals surface area contributed by atoms with E-state index in [2.05, 4.69) is 0 Å². The number of methoxy groups -OCH3 is 1. The first-order valence-corrected chi connectivity index (χ1v) is 8.25. The Balaban J connectivity index is 2.16. The van der Waals surface area contributed by atoms with Crippen LogP contribution in [0.2, 0.25) is 0 Å². The van der Waals surface area contributed by atoms with Crippen LogP contribution in [-0.4, -0.2) is 30.3 Å². The number of ketones is 1. The summed E-state index contributed by atoms with van der Waals surface area (Å²) in [7, 11) is 1.59. The van der Waals surface area contributed by atoms with Crippen LogP contribution < -0.4 is 10.5 Å². The van der Waals surface area contributed by atoms with Crippen molar-refractivity contribution in [3.8, 4) is 5.75 Å². The number of hydrogen-bond donors (Lipinski definition) is 1. The van der Waals surface area contributed by atoms with Crippen LogP contribution in [0.3, 0.4) is 0 Å². The first kappa shape index (κ1) is 15.7. The molecule has 0 atom stereocenters. The molecule has 0 unspecified atom stereocenters. The zero-order valence-electron chi connectivity index (χ0n) is 11.5. The molecule has 6 heteroatoms. The number of nitrogens with two attached hydrogens (primary N) is 1. The van der Waals surface area contributed by atoms with Crippen LogP contribution in [0.4, 0.5) is 0 Å².